The third-order valence-corrected chi connectivity index (χ3v) is 3.49. The van der Waals surface area contributed by atoms with Crippen molar-refractivity contribution in [1.82, 2.24) is 15.0 Å². The van der Waals surface area contributed by atoms with Crippen LogP contribution in [0.5, 0.6) is 5.75 Å². The van der Waals surface area contributed by atoms with Gasteiger partial charge in [-0.05, 0) is 30.5 Å². The number of hydrogen-bond donors (Lipinski definition) is 1. The highest BCUT2D eigenvalue weighted by Crippen LogP contribution is 2.13. The van der Waals surface area contributed by atoms with Crippen LogP contribution in [0.2, 0.25) is 0 Å². The highest BCUT2D eigenvalue weighted by Gasteiger charge is 2.16. The summed E-state index contributed by atoms with van der Waals surface area (Å²) in [6, 6.07) is 8.05. The zero-order valence-electron chi connectivity index (χ0n) is 13.0. The molecule has 0 atom stereocenters. The molecular weight excluding hydrogens is 282 g/mol. The molecule has 6 heteroatoms. The molecule has 0 saturated heterocycles. The Hall–Kier alpha value is -2.37. The fourth-order valence-corrected chi connectivity index (χ4v) is 2.25. The summed E-state index contributed by atoms with van der Waals surface area (Å²) < 4.78 is 7.32. The molecule has 6 nitrogen and oxygen atoms in total. The summed E-state index contributed by atoms with van der Waals surface area (Å²) in [4.78, 5) is 11.0. The second kappa shape index (κ2) is 7.59. The first-order valence-corrected chi connectivity index (χ1v) is 7.53. The summed E-state index contributed by atoms with van der Waals surface area (Å²) in [5, 5.41) is 16.7. The molecular formula is C16H21N3O3. The Morgan fingerprint density at radius 2 is 1.95 bits per heavy atom. The van der Waals surface area contributed by atoms with Crippen molar-refractivity contribution < 1.29 is 14.6 Å². The Bertz CT molecular complexity index is 620. The summed E-state index contributed by atoms with van der Waals surface area (Å²) in [7, 11) is 0. The lowest BCUT2D eigenvalue weighted by Crippen LogP contribution is -2.10. The van der Waals surface area contributed by atoms with Crippen molar-refractivity contribution in [2.24, 2.45) is 0 Å². The predicted octanol–water partition coefficient (Wildman–Crippen LogP) is 2.57. The molecule has 1 N–H and O–H groups in total. The van der Waals surface area contributed by atoms with E-state index in [-0.39, 0.29) is 5.69 Å². The summed E-state index contributed by atoms with van der Waals surface area (Å²) in [5.41, 5.74) is 1.97. The number of carbonyl (C=O) groups is 1. The number of aryl methyl sites for hydroxylation is 2. The van der Waals surface area contributed by atoms with Crippen LogP contribution in [0, 0.1) is 0 Å². The van der Waals surface area contributed by atoms with Crippen molar-refractivity contribution in [2.45, 2.75) is 39.7 Å². The number of rotatable bonds is 8. The summed E-state index contributed by atoms with van der Waals surface area (Å²) >= 11 is 0. The molecule has 0 radical (unpaired) electrons. The molecule has 22 heavy (non-hydrogen) atoms. The molecule has 0 unspecified atom stereocenters. The van der Waals surface area contributed by atoms with E-state index in [0.717, 1.165) is 18.6 Å². The summed E-state index contributed by atoms with van der Waals surface area (Å²) in [6.07, 6.45) is 2.34. The minimum absolute atomic E-state index is 0.0403. The highest BCUT2D eigenvalue weighted by molar-refractivity contribution is 5.86. The van der Waals surface area contributed by atoms with Crippen molar-refractivity contribution >= 4 is 5.97 Å². The molecule has 0 aliphatic rings. The first-order chi connectivity index (χ1) is 10.7. The zero-order valence-corrected chi connectivity index (χ0v) is 13.0. The third-order valence-electron chi connectivity index (χ3n) is 3.49. The Morgan fingerprint density at radius 1 is 1.23 bits per heavy atom. The number of benzene rings is 1. The smallest absolute Gasteiger partial charge is 0.358 e. The predicted molar refractivity (Wildman–Crippen MR) is 82.3 cm³/mol. The van der Waals surface area contributed by atoms with Crippen molar-refractivity contribution in [2.75, 3.05) is 6.61 Å². The van der Waals surface area contributed by atoms with Gasteiger partial charge in [-0.25, -0.2) is 9.48 Å². The standard InChI is InChI=1S/C16H21N3O3/c1-3-12-6-8-13(9-7-12)22-11-5-10-19-14(4-2)15(16(20)21)17-18-19/h6-9H,3-5,10-11H2,1-2H3,(H,20,21). The molecule has 0 aliphatic carbocycles. The minimum Gasteiger partial charge on any atom is -0.494 e. The van der Waals surface area contributed by atoms with Gasteiger partial charge in [0.15, 0.2) is 5.69 Å². The van der Waals surface area contributed by atoms with E-state index in [1.54, 1.807) is 4.68 Å². The Balaban J connectivity index is 1.84. The average Bonchev–Trinajstić information content (AvgIpc) is 2.95. The van der Waals surface area contributed by atoms with Gasteiger partial charge < -0.3 is 9.84 Å². The molecule has 0 spiro atoms. The number of hydrogen-bond acceptors (Lipinski definition) is 4. The van der Waals surface area contributed by atoms with Crippen molar-refractivity contribution in [3.05, 3.63) is 41.2 Å². The molecule has 2 rings (SSSR count). The highest BCUT2D eigenvalue weighted by atomic mass is 16.5. The molecule has 0 bridgehead atoms. The van der Waals surface area contributed by atoms with Crippen molar-refractivity contribution in [3.8, 4) is 5.75 Å². The maximum absolute atomic E-state index is 11.0. The quantitative estimate of drug-likeness (QED) is 0.758. The number of ether oxygens (including phenoxy) is 1. The van der Waals surface area contributed by atoms with E-state index in [1.807, 2.05) is 19.1 Å². The molecule has 1 aromatic heterocycles. The van der Waals surface area contributed by atoms with Crippen LogP contribution < -0.4 is 4.74 Å². The van der Waals surface area contributed by atoms with Gasteiger partial charge in [-0.2, -0.15) is 0 Å². The van der Waals surface area contributed by atoms with Gasteiger partial charge in [0.25, 0.3) is 0 Å². The van der Waals surface area contributed by atoms with Crippen LogP contribution >= 0.6 is 0 Å². The van der Waals surface area contributed by atoms with E-state index >= 15 is 0 Å². The van der Waals surface area contributed by atoms with Gasteiger partial charge in [-0.1, -0.05) is 31.2 Å². The third kappa shape index (κ3) is 3.84. The van der Waals surface area contributed by atoms with E-state index in [2.05, 4.69) is 29.4 Å². The molecule has 0 amide bonds. The van der Waals surface area contributed by atoms with Gasteiger partial charge in [0, 0.05) is 13.0 Å². The van der Waals surface area contributed by atoms with Crippen molar-refractivity contribution in [1.29, 1.82) is 0 Å². The Kier molecular flexibility index (Phi) is 5.52. The van der Waals surface area contributed by atoms with E-state index in [0.29, 0.717) is 25.3 Å². The molecule has 118 valence electrons. The average molecular weight is 303 g/mol. The molecule has 0 saturated carbocycles. The van der Waals surface area contributed by atoms with Crippen LogP contribution in [-0.4, -0.2) is 32.7 Å². The number of aromatic carboxylic acids is 1. The maximum Gasteiger partial charge on any atom is 0.358 e. The maximum atomic E-state index is 11.0. The van der Waals surface area contributed by atoms with E-state index in [4.69, 9.17) is 9.84 Å². The number of aromatic nitrogens is 3. The van der Waals surface area contributed by atoms with Crippen LogP contribution in [0.3, 0.4) is 0 Å². The van der Waals surface area contributed by atoms with E-state index < -0.39 is 5.97 Å². The SMILES string of the molecule is CCc1ccc(OCCCn2nnc(C(=O)O)c2CC)cc1. The molecule has 0 fully saturated rings. The number of carboxylic acids is 1. The van der Waals surface area contributed by atoms with Crippen LogP contribution in [0.25, 0.3) is 0 Å². The van der Waals surface area contributed by atoms with Crippen molar-refractivity contribution in [3.63, 3.8) is 0 Å². The molecule has 0 aliphatic heterocycles. The second-order valence-corrected chi connectivity index (χ2v) is 4.97. The van der Waals surface area contributed by atoms with Gasteiger partial charge in [-0.3, -0.25) is 0 Å². The van der Waals surface area contributed by atoms with Crippen LogP contribution in [0.4, 0.5) is 0 Å². The second-order valence-electron chi connectivity index (χ2n) is 4.97. The number of nitrogens with zero attached hydrogens (tertiary/aromatic N) is 3. The first kappa shape index (κ1) is 16.0. The molecule has 1 aromatic carbocycles. The van der Waals surface area contributed by atoms with Gasteiger partial charge in [0.2, 0.25) is 0 Å². The van der Waals surface area contributed by atoms with Gasteiger partial charge >= 0.3 is 5.97 Å². The van der Waals surface area contributed by atoms with Crippen LogP contribution in [-0.2, 0) is 19.4 Å². The summed E-state index contributed by atoms with van der Waals surface area (Å²) in [6.45, 7) is 5.16. The lowest BCUT2D eigenvalue weighted by Gasteiger charge is -2.08. The fraction of sp³-hybridized carbons (Fsp3) is 0.438. The van der Waals surface area contributed by atoms with Crippen LogP contribution in [0.15, 0.2) is 24.3 Å². The van der Waals surface area contributed by atoms with Gasteiger partial charge in [-0.15, -0.1) is 5.10 Å². The fourth-order valence-electron chi connectivity index (χ4n) is 2.25. The van der Waals surface area contributed by atoms with E-state index in [9.17, 15) is 4.79 Å². The topological polar surface area (TPSA) is 77.2 Å². The van der Waals surface area contributed by atoms with E-state index in [1.165, 1.54) is 5.56 Å². The van der Waals surface area contributed by atoms with Gasteiger partial charge in [0.05, 0.1) is 12.3 Å². The lowest BCUT2D eigenvalue weighted by molar-refractivity contribution is 0.0689. The minimum atomic E-state index is -1.03. The lowest BCUT2D eigenvalue weighted by atomic mass is 10.2. The zero-order chi connectivity index (χ0) is 15.9. The molecule has 1 heterocycles. The van der Waals surface area contributed by atoms with Gasteiger partial charge in [0.1, 0.15) is 5.75 Å². The Morgan fingerprint density at radius 3 is 2.55 bits per heavy atom. The largest absolute Gasteiger partial charge is 0.494 e. The number of carboxylic acid groups (broad SMARTS) is 1. The van der Waals surface area contributed by atoms with Crippen LogP contribution in [0.1, 0.15) is 42.0 Å². The molecule has 2 aromatic rings. The Labute approximate surface area is 129 Å². The first-order valence-electron chi connectivity index (χ1n) is 7.53. The summed E-state index contributed by atoms with van der Waals surface area (Å²) in [5.74, 6) is -0.187. The monoisotopic (exact) mass is 303 g/mol. The normalized spacial score (nSPS) is 10.6.